The Morgan fingerprint density at radius 3 is 2.57 bits per heavy atom. The molecule has 0 amide bonds. The molecular weight excluding hydrogens is 294 g/mol. The van der Waals surface area contributed by atoms with Gasteiger partial charge in [0.15, 0.2) is 11.5 Å². The van der Waals surface area contributed by atoms with Crippen LogP contribution in [-0.2, 0) is 11.8 Å². The van der Waals surface area contributed by atoms with Gasteiger partial charge in [-0.05, 0) is 24.3 Å². The third-order valence-electron chi connectivity index (χ3n) is 4.01. The number of anilines is 1. The van der Waals surface area contributed by atoms with Gasteiger partial charge in [-0.15, -0.1) is 0 Å². The SMILES string of the molecule is Cn1ncc2c(N3CCOCC3)nc(-c3ccc(O)cc3)nc21. The van der Waals surface area contributed by atoms with Gasteiger partial charge in [-0.25, -0.2) is 9.97 Å². The van der Waals surface area contributed by atoms with Gasteiger partial charge in [-0.2, -0.15) is 5.10 Å². The van der Waals surface area contributed by atoms with Crippen molar-refractivity contribution in [3.63, 3.8) is 0 Å². The molecular formula is C16H17N5O2. The van der Waals surface area contributed by atoms with Crippen LogP contribution in [0.25, 0.3) is 22.4 Å². The summed E-state index contributed by atoms with van der Waals surface area (Å²) in [7, 11) is 1.87. The molecule has 0 saturated carbocycles. The first kappa shape index (κ1) is 14.0. The fourth-order valence-corrected chi connectivity index (χ4v) is 2.76. The van der Waals surface area contributed by atoms with Gasteiger partial charge in [-0.1, -0.05) is 0 Å². The number of benzene rings is 1. The third-order valence-corrected chi connectivity index (χ3v) is 4.01. The molecule has 3 heterocycles. The zero-order valence-corrected chi connectivity index (χ0v) is 12.8. The van der Waals surface area contributed by atoms with Gasteiger partial charge >= 0.3 is 0 Å². The highest BCUT2D eigenvalue weighted by atomic mass is 16.5. The van der Waals surface area contributed by atoms with Crippen LogP contribution < -0.4 is 4.90 Å². The van der Waals surface area contributed by atoms with Gasteiger partial charge in [0.2, 0.25) is 0 Å². The number of aromatic hydroxyl groups is 1. The van der Waals surface area contributed by atoms with E-state index < -0.39 is 0 Å². The Kier molecular flexibility index (Phi) is 3.34. The number of rotatable bonds is 2. The summed E-state index contributed by atoms with van der Waals surface area (Å²) >= 11 is 0. The van der Waals surface area contributed by atoms with Crippen molar-refractivity contribution in [2.24, 2.45) is 7.05 Å². The molecule has 0 atom stereocenters. The van der Waals surface area contributed by atoms with Crippen LogP contribution in [0.5, 0.6) is 5.75 Å². The van der Waals surface area contributed by atoms with Gasteiger partial charge < -0.3 is 14.7 Å². The lowest BCUT2D eigenvalue weighted by Gasteiger charge is -2.28. The summed E-state index contributed by atoms with van der Waals surface area (Å²) in [6.07, 6.45) is 1.81. The maximum Gasteiger partial charge on any atom is 0.163 e. The number of morpholine rings is 1. The Balaban J connectivity index is 1.88. The molecule has 2 aromatic heterocycles. The van der Waals surface area contributed by atoms with Crippen molar-refractivity contribution in [2.75, 3.05) is 31.2 Å². The molecule has 4 rings (SSSR count). The number of aromatic nitrogens is 4. The van der Waals surface area contributed by atoms with Crippen LogP contribution in [0.15, 0.2) is 30.5 Å². The summed E-state index contributed by atoms with van der Waals surface area (Å²) in [4.78, 5) is 11.6. The van der Waals surface area contributed by atoms with Crippen LogP contribution in [0, 0.1) is 0 Å². The molecule has 1 aromatic carbocycles. The highest BCUT2D eigenvalue weighted by molar-refractivity contribution is 5.88. The standard InChI is InChI=1S/C16H17N5O2/c1-20-15-13(10-17-20)16(21-6-8-23-9-7-21)19-14(18-15)11-2-4-12(22)5-3-11/h2-5,10,22H,6-9H2,1H3. The Labute approximate surface area is 133 Å². The minimum absolute atomic E-state index is 0.226. The highest BCUT2D eigenvalue weighted by Crippen LogP contribution is 2.28. The molecule has 0 aliphatic carbocycles. The van der Waals surface area contributed by atoms with Crippen molar-refractivity contribution >= 4 is 16.9 Å². The summed E-state index contributed by atoms with van der Waals surface area (Å²) in [5.41, 5.74) is 1.66. The van der Waals surface area contributed by atoms with Gasteiger partial charge in [-0.3, -0.25) is 4.68 Å². The molecule has 3 aromatic rings. The maximum absolute atomic E-state index is 9.47. The zero-order chi connectivity index (χ0) is 15.8. The number of hydrogen-bond donors (Lipinski definition) is 1. The summed E-state index contributed by atoms with van der Waals surface area (Å²) in [5, 5.41) is 14.7. The molecule has 7 nitrogen and oxygen atoms in total. The number of hydrogen-bond acceptors (Lipinski definition) is 6. The van der Waals surface area contributed by atoms with E-state index in [0.29, 0.717) is 19.0 Å². The van der Waals surface area contributed by atoms with E-state index in [9.17, 15) is 5.11 Å². The van der Waals surface area contributed by atoms with Crippen molar-refractivity contribution in [3.8, 4) is 17.1 Å². The molecule has 0 radical (unpaired) electrons. The van der Waals surface area contributed by atoms with Crippen LogP contribution >= 0.6 is 0 Å². The molecule has 23 heavy (non-hydrogen) atoms. The molecule has 0 unspecified atom stereocenters. The van der Waals surface area contributed by atoms with E-state index in [1.807, 2.05) is 19.2 Å². The average Bonchev–Trinajstić information content (AvgIpc) is 2.97. The van der Waals surface area contributed by atoms with Crippen LogP contribution in [0.4, 0.5) is 5.82 Å². The molecule has 118 valence electrons. The smallest absolute Gasteiger partial charge is 0.163 e. The van der Waals surface area contributed by atoms with E-state index in [4.69, 9.17) is 9.72 Å². The van der Waals surface area contributed by atoms with Crippen LogP contribution in [0.2, 0.25) is 0 Å². The first-order valence-corrected chi connectivity index (χ1v) is 7.54. The number of fused-ring (bicyclic) bond motifs is 1. The number of aryl methyl sites for hydroxylation is 1. The second kappa shape index (κ2) is 5.51. The number of ether oxygens (including phenoxy) is 1. The quantitative estimate of drug-likeness (QED) is 0.774. The van der Waals surface area contributed by atoms with Gasteiger partial charge in [0, 0.05) is 25.7 Å². The number of phenolic OH excluding ortho intramolecular Hbond substituents is 1. The third kappa shape index (κ3) is 2.49. The summed E-state index contributed by atoms with van der Waals surface area (Å²) in [5.74, 6) is 1.74. The second-order valence-corrected chi connectivity index (χ2v) is 5.52. The normalized spacial score (nSPS) is 15.3. The maximum atomic E-state index is 9.47. The monoisotopic (exact) mass is 311 g/mol. The van der Waals surface area contributed by atoms with Crippen molar-refractivity contribution in [1.29, 1.82) is 0 Å². The molecule has 1 fully saturated rings. The van der Waals surface area contributed by atoms with Crippen LogP contribution in [-0.4, -0.2) is 51.2 Å². The average molecular weight is 311 g/mol. The lowest BCUT2D eigenvalue weighted by atomic mass is 10.2. The van der Waals surface area contributed by atoms with Crippen LogP contribution in [0.1, 0.15) is 0 Å². The molecule has 1 N–H and O–H groups in total. The Morgan fingerprint density at radius 1 is 1.09 bits per heavy atom. The van der Waals surface area contributed by atoms with Gasteiger partial charge in [0.05, 0.1) is 24.8 Å². The molecule has 1 saturated heterocycles. The van der Waals surface area contributed by atoms with E-state index in [-0.39, 0.29) is 5.75 Å². The highest BCUT2D eigenvalue weighted by Gasteiger charge is 2.19. The van der Waals surface area contributed by atoms with E-state index in [0.717, 1.165) is 35.5 Å². The summed E-state index contributed by atoms with van der Waals surface area (Å²) in [6, 6.07) is 6.91. The predicted octanol–water partition coefficient (Wildman–Crippen LogP) is 1.57. The van der Waals surface area contributed by atoms with Gasteiger partial charge in [0.1, 0.15) is 11.6 Å². The van der Waals surface area contributed by atoms with Crippen molar-refractivity contribution in [1.82, 2.24) is 19.7 Å². The van der Waals surface area contributed by atoms with Crippen LogP contribution in [0.3, 0.4) is 0 Å². The molecule has 0 bridgehead atoms. The summed E-state index contributed by atoms with van der Waals surface area (Å²) in [6.45, 7) is 2.99. The van der Waals surface area contributed by atoms with Crippen molar-refractivity contribution in [2.45, 2.75) is 0 Å². The summed E-state index contributed by atoms with van der Waals surface area (Å²) < 4.78 is 7.19. The Bertz CT molecular complexity index is 838. The van der Waals surface area contributed by atoms with E-state index in [1.54, 1.807) is 23.0 Å². The van der Waals surface area contributed by atoms with Crippen molar-refractivity contribution in [3.05, 3.63) is 30.5 Å². The Hall–Kier alpha value is -2.67. The first-order chi connectivity index (χ1) is 11.2. The zero-order valence-electron chi connectivity index (χ0n) is 12.8. The Morgan fingerprint density at radius 2 is 1.83 bits per heavy atom. The predicted molar refractivity (Wildman–Crippen MR) is 86.4 cm³/mol. The second-order valence-electron chi connectivity index (χ2n) is 5.52. The minimum atomic E-state index is 0.226. The topological polar surface area (TPSA) is 76.3 Å². The fraction of sp³-hybridized carbons (Fsp3) is 0.312. The number of nitrogens with zero attached hydrogens (tertiary/aromatic N) is 5. The van der Waals surface area contributed by atoms with E-state index in [2.05, 4.69) is 15.0 Å². The van der Waals surface area contributed by atoms with Gasteiger partial charge in [0.25, 0.3) is 0 Å². The molecule has 1 aliphatic heterocycles. The van der Waals surface area contributed by atoms with Crippen molar-refractivity contribution < 1.29 is 9.84 Å². The molecule has 7 heteroatoms. The fourth-order valence-electron chi connectivity index (χ4n) is 2.76. The first-order valence-electron chi connectivity index (χ1n) is 7.54. The van der Waals surface area contributed by atoms with E-state index >= 15 is 0 Å². The molecule has 1 aliphatic rings. The molecule has 0 spiro atoms. The largest absolute Gasteiger partial charge is 0.508 e. The lowest BCUT2D eigenvalue weighted by molar-refractivity contribution is 0.122. The van der Waals surface area contributed by atoms with E-state index in [1.165, 1.54) is 0 Å². The lowest BCUT2D eigenvalue weighted by Crippen LogP contribution is -2.37. The minimum Gasteiger partial charge on any atom is -0.508 e. The number of phenols is 1.